The number of aromatic nitrogens is 2. The van der Waals surface area contributed by atoms with Crippen molar-refractivity contribution in [2.75, 3.05) is 0 Å². The van der Waals surface area contributed by atoms with Crippen molar-refractivity contribution >= 4 is 28.6 Å². The zero-order valence-corrected chi connectivity index (χ0v) is 11.1. The number of alkyl halides is 3. The number of nitrogens with zero attached hydrogens (tertiary/aromatic N) is 2. The van der Waals surface area contributed by atoms with Gasteiger partial charge in [-0.2, -0.15) is 13.2 Å². The van der Waals surface area contributed by atoms with E-state index in [0.29, 0.717) is 17.0 Å². The monoisotopic (exact) mass is 308 g/mol. The van der Waals surface area contributed by atoms with Crippen molar-refractivity contribution in [1.82, 2.24) is 9.97 Å². The SMILES string of the molecule is Cc1nc(Cc2nc(C(F)(F)F)c(C(=O)O)s2)cs1. The van der Waals surface area contributed by atoms with Gasteiger partial charge in [0.05, 0.1) is 10.7 Å². The molecule has 0 saturated carbocycles. The Balaban J connectivity index is 2.35. The number of aryl methyl sites for hydroxylation is 1. The van der Waals surface area contributed by atoms with Crippen molar-refractivity contribution in [3.63, 3.8) is 0 Å². The highest BCUT2D eigenvalue weighted by Gasteiger charge is 2.39. The molecule has 1 N–H and O–H groups in total. The Bertz CT molecular complexity index is 619. The third kappa shape index (κ3) is 3.10. The van der Waals surface area contributed by atoms with Crippen molar-refractivity contribution in [3.05, 3.63) is 31.7 Å². The van der Waals surface area contributed by atoms with Gasteiger partial charge in [0.2, 0.25) is 0 Å². The average Bonchev–Trinajstić information content (AvgIpc) is 2.85. The molecular formula is C10H7F3N2O2S2. The second-order valence-electron chi connectivity index (χ2n) is 3.62. The summed E-state index contributed by atoms with van der Waals surface area (Å²) in [5, 5.41) is 11.4. The van der Waals surface area contributed by atoms with Gasteiger partial charge in [0, 0.05) is 11.8 Å². The molecule has 102 valence electrons. The molecule has 2 heterocycles. The lowest BCUT2D eigenvalue weighted by Crippen LogP contribution is -2.11. The molecule has 0 amide bonds. The summed E-state index contributed by atoms with van der Waals surface area (Å²) in [7, 11) is 0. The van der Waals surface area contributed by atoms with Gasteiger partial charge in [-0.05, 0) is 6.92 Å². The lowest BCUT2D eigenvalue weighted by Gasteiger charge is -2.02. The number of carbonyl (C=O) groups is 1. The molecule has 0 bridgehead atoms. The second-order valence-corrected chi connectivity index (χ2v) is 5.77. The van der Waals surface area contributed by atoms with Crippen molar-refractivity contribution in [2.45, 2.75) is 19.5 Å². The molecule has 19 heavy (non-hydrogen) atoms. The van der Waals surface area contributed by atoms with E-state index in [9.17, 15) is 18.0 Å². The van der Waals surface area contributed by atoms with Crippen LogP contribution < -0.4 is 0 Å². The third-order valence-electron chi connectivity index (χ3n) is 2.13. The first-order chi connectivity index (χ1) is 8.77. The number of carboxylic acids is 1. The fourth-order valence-corrected chi connectivity index (χ4v) is 2.97. The Labute approximate surface area is 113 Å². The maximum absolute atomic E-state index is 12.6. The molecule has 2 aromatic heterocycles. The van der Waals surface area contributed by atoms with Crippen LogP contribution in [0.1, 0.15) is 31.1 Å². The highest BCUT2D eigenvalue weighted by Crippen LogP contribution is 2.35. The van der Waals surface area contributed by atoms with Gasteiger partial charge >= 0.3 is 12.1 Å². The van der Waals surface area contributed by atoms with E-state index in [-0.39, 0.29) is 11.4 Å². The number of carboxylic acid groups (broad SMARTS) is 1. The Kier molecular flexibility index (Phi) is 3.59. The molecule has 0 aliphatic carbocycles. The van der Waals surface area contributed by atoms with Crippen LogP contribution in [-0.4, -0.2) is 21.0 Å². The van der Waals surface area contributed by atoms with Gasteiger partial charge in [-0.25, -0.2) is 14.8 Å². The maximum atomic E-state index is 12.6. The molecule has 9 heteroatoms. The Morgan fingerprint density at radius 3 is 2.53 bits per heavy atom. The number of aromatic carboxylic acids is 1. The summed E-state index contributed by atoms with van der Waals surface area (Å²) in [6.07, 6.45) is -4.66. The lowest BCUT2D eigenvalue weighted by atomic mass is 10.3. The average molecular weight is 308 g/mol. The van der Waals surface area contributed by atoms with Gasteiger partial charge in [-0.15, -0.1) is 22.7 Å². The van der Waals surface area contributed by atoms with Crippen LogP contribution in [0.5, 0.6) is 0 Å². The molecule has 2 rings (SSSR count). The standard InChI is InChI=1S/C10H7F3N2O2S2/c1-4-14-5(3-18-4)2-6-15-8(10(11,12)13)7(19-6)9(16)17/h3H,2H2,1H3,(H,16,17). The molecule has 2 aromatic rings. The van der Waals surface area contributed by atoms with Gasteiger partial charge < -0.3 is 5.11 Å². The highest BCUT2D eigenvalue weighted by molar-refractivity contribution is 7.13. The predicted octanol–water partition coefficient (Wildman–Crippen LogP) is 3.22. The first kappa shape index (κ1) is 13.9. The predicted molar refractivity (Wildman–Crippen MR) is 63.7 cm³/mol. The molecular weight excluding hydrogens is 301 g/mol. The summed E-state index contributed by atoms with van der Waals surface area (Å²) in [5.41, 5.74) is -0.756. The van der Waals surface area contributed by atoms with E-state index in [2.05, 4.69) is 9.97 Å². The van der Waals surface area contributed by atoms with Crippen LogP contribution in [0, 0.1) is 6.92 Å². The van der Waals surface area contributed by atoms with Gasteiger partial charge in [0.25, 0.3) is 0 Å². The van der Waals surface area contributed by atoms with Crippen molar-refractivity contribution in [1.29, 1.82) is 0 Å². The van der Waals surface area contributed by atoms with Gasteiger partial charge in [-0.1, -0.05) is 0 Å². The zero-order chi connectivity index (χ0) is 14.2. The van der Waals surface area contributed by atoms with Crippen LogP contribution in [-0.2, 0) is 12.6 Å². The van der Waals surface area contributed by atoms with Crippen LogP contribution in [0.3, 0.4) is 0 Å². The van der Waals surface area contributed by atoms with Crippen molar-refractivity contribution < 1.29 is 23.1 Å². The van der Waals surface area contributed by atoms with E-state index in [1.165, 1.54) is 11.3 Å². The molecule has 4 nitrogen and oxygen atoms in total. The number of thiazole rings is 2. The zero-order valence-electron chi connectivity index (χ0n) is 9.48. The smallest absolute Gasteiger partial charge is 0.435 e. The minimum atomic E-state index is -4.76. The first-order valence-corrected chi connectivity index (χ1v) is 6.68. The number of halogens is 3. The number of rotatable bonds is 3. The molecule has 0 aromatic carbocycles. The topological polar surface area (TPSA) is 63.1 Å². The first-order valence-electron chi connectivity index (χ1n) is 4.98. The molecule has 0 fully saturated rings. The third-order valence-corrected chi connectivity index (χ3v) is 4.00. The van der Waals surface area contributed by atoms with E-state index < -0.39 is 22.7 Å². The van der Waals surface area contributed by atoms with Crippen LogP contribution in [0.25, 0.3) is 0 Å². The summed E-state index contributed by atoms with van der Waals surface area (Å²) >= 11 is 1.91. The van der Waals surface area contributed by atoms with Crippen LogP contribution in [0.2, 0.25) is 0 Å². The summed E-state index contributed by atoms with van der Waals surface area (Å²) in [5.74, 6) is -1.62. The summed E-state index contributed by atoms with van der Waals surface area (Å²) < 4.78 is 37.9. The van der Waals surface area contributed by atoms with E-state index in [1.54, 1.807) is 12.3 Å². The Morgan fingerprint density at radius 2 is 2.11 bits per heavy atom. The Morgan fingerprint density at radius 1 is 1.42 bits per heavy atom. The lowest BCUT2D eigenvalue weighted by molar-refractivity contribution is -0.141. The molecule has 0 aliphatic heterocycles. The molecule has 0 spiro atoms. The van der Waals surface area contributed by atoms with Gasteiger partial charge in [-0.3, -0.25) is 0 Å². The fourth-order valence-electron chi connectivity index (χ4n) is 1.42. The molecule has 0 atom stereocenters. The summed E-state index contributed by atoms with van der Waals surface area (Å²) in [6.45, 7) is 1.78. The minimum Gasteiger partial charge on any atom is -0.477 e. The normalized spacial score (nSPS) is 11.8. The van der Waals surface area contributed by atoms with Crippen LogP contribution >= 0.6 is 22.7 Å². The minimum absolute atomic E-state index is 0.0926. The quantitative estimate of drug-likeness (QED) is 0.945. The van der Waals surface area contributed by atoms with E-state index >= 15 is 0 Å². The molecule has 0 unspecified atom stereocenters. The molecule has 0 saturated heterocycles. The van der Waals surface area contributed by atoms with Crippen LogP contribution in [0.4, 0.5) is 13.2 Å². The van der Waals surface area contributed by atoms with E-state index in [4.69, 9.17) is 5.11 Å². The number of hydrogen-bond acceptors (Lipinski definition) is 5. The van der Waals surface area contributed by atoms with E-state index in [0.717, 1.165) is 5.01 Å². The van der Waals surface area contributed by atoms with Gasteiger partial charge in [0.15, 0.2) is 5.69 Å². The number of hydrogen-bond donors (Lipinski definition) is 1. The second kappa shape index (κ2) is 4.89. The van der Waals surface area contributed by atoms with Crippen molar-refractivity contribution in [2.24, 2.45) is 0 Å². The van der Waals surface area contributed by atoms with Crippen LogP contribution in [0.15, 0.2) is 5.38 Å². The van der Waals surface area contributed by atoms with Crippen molar-refractivity contribution in [3.8, 4) is 0 Å². The van der Waals surface area contributed by atoms with E-state index in [1.807, 2.05) is 0 Å². The summed E-state index contributed by atoms with van der Waals surface area (Å²) in [4.78, 5) is 17.5. The Hall–Kier alpha value is -1.48. The summed E-state index contributed by atoms with van der Waals surface area (Å²) in [6, 6.07) is 0. The molecule has 0 radical (unpaired) electrons. The fraction of sp³-hybridized carbons (Fsp3) is 0.300. The molecule has 0 aliphatic rings. The van der Waals surface area contributed by atoms with Gasteiger partial charge in [0.1, 0.15) is 9.88 Å². The largest absolute Gasteiger partial charge is 0.477 e. The maximum Gasteiger partial charge on any atom is 0.435 e. The highest BCUT2D eigenvalue weighted by atomic mass is 32.1.